The molecule has 0 aliphatic heterocycles. The van der Waals surface area contributed by atoms with Gasteiger partial charge in [0.15, 0.2) is 0 Å². The van der Waals surface area contributed by atoms with Crippen LogP contribution in [0.2, 0.25) is 0 Å². The van der Waals surface area contributed by atoms with Gasteiger partial charge < -0.3 is 10.3 Å². The minimum atomic E-state index is -4.27. The molecule has 0 bridgehead atoms. The lowest BCUT2D eigenvalue weighted by molar-refractivity contribution is -0.115. The largest absolute Gasteiger partial charge is 0.405 e. The second-order valence-electron chi connectivity index (χ2n) is 4.12. The molecule has 0 aliphatic carbocycles. The molecule has 2 N–H and O–H groups in total. The van der Waals surface area contributed by atoms with Gasteiger partial charge >= 0.3 is 6.18 Å². The van der Waals surface area contributed by atoms with Crippen LogP contribution in [0, 0.1) is 0 Å². The van der Waals surface area contributed by atoms with Crippen molar-refractivity contribution in [1.82, 2.24) is 15.0 Å². The fraction of sp³-hybridized carbons (Fsp3) is 0.167. The SMILES string of the molecule is FC(F)(F)CNc1nc2ccc(-c3nccs3)cc2[nH]1. The Kier molecular flexibility index (Phi) is 3.09. The summed E-state index contributed by atoms with van der Waals surface area (Å²) < 4.78 is 36.4. The predicted octanol–water partition coefficient (Wildman–Crippen LogP) is 3.66. The van der Waals surface area contributed by atoms with E-state index >= 15 is 0 Å². The molecule has 0 fully saturated rings. The monoisotopic (exact) mass is 298 g/mol. The van der Waals surface area contributed by atoms with Crippen molar-refractivity contribution in [3.8, 4) is 10.6 Å². The molecule has 0 saturated carbocycles. The Hall–Kier alpha value is -2.09. The summed E-state index contributed by atoms with van der Waals surface area (Å²) in [6.07, 6.45) is -2.57. The van der Waals surface area contributed by atoms with Crippen molar-refractivity contribution in [2.75, 3.05) is 11.9 Å². The van der Waals surface area contributed by atoms with Crippen LogP contribution >= 0.6 is 11.3 Å². The highest BCUT2D eigenvalue weighted by Gasteiger charge is 2.27. The van der Waals surface area contributed by atoms with Crippen LogP contribution in [0.3, 0.4) is 0 Å². The molecule has 0 atom stereocenters. The van der Waals surface area contributed by atoms with Crippen LogP contribution in [0.15, 0.2) is 29.8 Å². The number of nitrogens with zero attached hydrogens (tertiary/aromatic N) is 2. The fourth-order valence-electron chi connectivity index (χ4n) is 1.78. The molecule has 0 unspecified atom stereocenters. The molecule has 0 amide bonds. The number of anilines is 1. The summed E-state index contributed by atoms with van der Waals surface area (Å²) in [6, 6.07) is 5.41. The molecule has 104 valence electrons. The summed E-state index contributed by atoms with van der Waals surface area (Å²) >= 11 is 1.50. The number of alkyl halides is 3. The standard InChI is InChI=1S/C12H9F3N4S/c13-12(14,15)6-17-11-18-8-2-1-7(5-9(8)19-11)10-16-3-4-20-10/h1-5H,6H2,(H2,17,18,19). The number of fused-ring (bicyclic) bond motifs is 1. The van der Waals surface area contributed by atoms with E-state index in [1.165, 1.54) is 11.3 Å². The minimum Gasteiger partial charge on any atom is -0.347 e. The van der Waals surface area contributed by atoms with Crippen LogP contribution < -0.4 is 5.32 Å². The number of thiazole rings is 1. The third kappa shape index (κ3) is 2.74. The van der Waals surface area contributed by atoms with Crippen molar-refractivity contribution in [3.63, 3.8) is 0 Å². The molecule has 20 heavy (non-hydrogen) atoms. The molecule has 2 heterocycles. The summed E-state index contributed by atoms with van der Waals surface area (Å²) in [5.41, 5.74) is 2.18. The summed E-state index contributed by atoms with van der Waals surface area (Å²) in [5, 5.41) is 4.94. The summed E-state index contributed by atoms with van der Waals surface area (Å²) in [6.45, 7) is -1.12. The van der Waals surface area contributed by atoms with E-state index in [9.17, 15) is 13.2 Å². The molecule has 4 nitrogen and oxygen atoms in total. The lowest BCUT2D eigenvalue weighted by Gasteiger charge is -2.05. The third-order valence-corrected chi connectivity index (χ3v) is 3.44. The number of hydrogen-bond acceptors (Lipinski definition) is 4. The first-order valence-electron chi connectivity index (χ1n) is 5.71. The first-order valence-corrected chi connectivity index (χ1v) is 6.59. The number of aromatic nitrogens is 3. The van der Waals surface area contributed by atoms with E-state index < -0.39 is 12.7 Å². The molecule has 0 radical (unpaired) electrons. The predicted molar refractivity (Wildman–Crippen MR) is 71.7 cm³/mol. The number of imidazole rings is 1. The maximum atomic E-state index is 12.1. The van der Waals surface area contributed by atoms with E-state index in [2.05, 4.69) is 20.3 Å². The zero-order valence-corrected chi connectivity index (χ0v) is 10.8. The van der Waals surface area contributed by atoms with Gasteiger partial charge in [-0.25, -0.2) is 9.97 Å². The molecule has 0 spiro atoms. The fourth-order valence-corrected chi connectivity index (χ4v) is 2.41. The molecule has 0 saturated heterocycles. The minimum absolute atomic E-state index is 0.105. The van der Waals surface area contributed by atoms with Gasteiger partial charge in [0, 0.05) is 17.1 Å². The Bertz CT molecular complexity index is 718. The molecule has 3 aromatic rings. The quantitative estimate of drug-likeness (QED) is 0.776. The maximum Gasteiger partial charge on any atom is 0.405 e. The van der Waals surface area contributed by atoms with Gasteiger partial charge in [-0.1, -0.05) is 0 Å². The van der Waals surface area contributed by atoms with E-state index in [-0.39, 0.29) is 5.95 Å². The highest BCUT2D eigenvalue weighted by atomic mass is 32.1. The van der Waals surface area contributed by atoms with E-state index in [1.54, 1.807) is 12.3 Å². The van der Waals surface area contributed by atoms with Crippen LogP contribution in [-0.2, 0) is 0 Å². The highest BCUT2D eigenvalue weighted by molar-refractivity contribution is 7.13. The Morgan fingerprint density at radius 1 is 1.30 bits per heavy atom. The smallest absolute Gasteiger partial charge is 0.347 e. The van der Waals surface area contributed by atoms with Crippen molar-refractivity contribution >= 4 is 28.3 Å². The number of hydrogen-bond donors (Lipinski definition) is 2. The topological polar surface area (TPSA) is 53.6 Å². The first kappa shape index (κ1) is 12.9. The number of nitrogens with one attached hydrogen (secondary N) is 2. The Morgan fingerprint density at radius 2 is 2.15 bits per heavy atom. The highest BCUT2D eigenvalue weighted by Crippen LogP contribution is 2.26. The summed E-state index contributed by atoms with van der Waals surface area (Å²) in [7, 11) is 0. The van der Waals surface area contributed by atoms with Crippen LogP contribution in [0.1, 0.15) is 0 Å². The zero-order chi connectivity index (χ0) is 14.2. The van der Waals surface area contributed by atoms with Gasteiger partial charge in [-0.3, -0.25) is 0 Å². The molecule has 2 aromatic heterocycles. The van der Waals surface area contributed by atoms with Crippen molar-refractivity contribution in [3.05, 3.63) is 29.8 Å². The zero-order valence-electron chi connectivity index (χ0n) is 10.0. The Balaban J connectivity index is 1.88. The van der Waals surface area contributed by atoms with Crippen molar-refractivity contribution in [2.45, 2.75) is 6.18 Å². The molecule has 0 aliphatic rings. The van der Waals surface area contributed by atoms with Crippen LogP contribution in [0.4, 0.5) is 19.1 Å². The second-order valence-corrected chi connectivity index (χ2v) is 5.02. The van der Waals surface area contributed by atoms with E-state index in [4.69, 9.17) is 0 Å². The van der Waals surface area contributed by atoms with Gasteiger partial charge in [0.25, 0.3) is 0 Å². The van der Waals surface area contributed by atoms with E-state index in [1.807, 2.05) is 17.5 Å². The van der Waals surface area contributed by atoms with Gasteiger partial charge in [0.05, 0.1) is 11.0 Å². The molecule has 3 rings (SSSR count). The van der Waals surface area contributed by atoms with Crippen molar-refractivity contribution in [2.24, 2.45) is 0 Å². The molecule has 8 heteroatoms. The number of aromatic amines is 1. The molecular formula is C12H9F3N4S. The third-order valence-electron chi connectivity index (χ3n) is 2.62. The van der Waals surface area contributed by atoms with E-state index in [0.29, 0.717) is 11.0 Å². The van der Waals surface area contributed by atoms with Crippen molar-refractivity contribution in [1.29, 1.82) is 0 Å². The lowest BCUT2D eigenvalue weighted by atomic mass is 10.2. The summed E-state index contributed by atoms with van der Waals surface area (Å²) in [4.78, 5) is 11.1. The van der Waals surface area contributed by atoms with Gasteiger partial charge in [-0.15, -0.1) is 11.3 Å². The summed E-state index contributed by atoms with van der Waals surface area (Å²) in [5.74, 6) is 0.105. The Morgan fingerprint density at radius 3 is 2.85 bits per heavy atom. The number of halogens is 3. The second kappa shape index (κ2) is 4.78. The number of benzene rings is 1. The molecule has 1 aromatic carbocycles. The van der Waals surface area contributed by atoms with Crippen LogP contribution in [0.25, 0.3) is 21.6 Å². The first-order chi connectivity index (χ1) is 9.51. The lowest BCUT2D eigenvalue weighted by Crippen LogP contribution is -2.21. The molecular weight excluding hydrogens is 289 g/mol. The number of H-pyrrole nitrogens is 1. The maximum absolute atomic E-state index is 12.1. The van der Waals surface area contributed by atoms with Gasteiger partial charge in [-0.05, 0) is 18.2 Å². The normalized spacial score (nSPS) is 11.9. The average Bonchev–Trinajstić information content (AvgIpc) is 3.03. The average molecular weight is 298 g/mol. The van der Waals surface area contributed by atoms with Crippen molar-refractivity contribution < 1.29 is 13.2 Å². The Labute approximate surface area is 115 Å². The van der Waals surface area contributed by atoms with Gasteiger partial charge in [0.2, 0.25) is 5.95 Å². The van der Waals surface area contributed by atoms with Gasteiger partial charge in [0.1, 0.15) is 11.6 Å². The van der Waals surface area contributed by atoms with E-state index in [0.717, 1.165) is 10.6 Å². The van der Waals surface area contributed by atoms with Gasteiger partial charge in [-0.2, -0.15) is 13.2 Å². The number of rotatable bonds is 3. The van der Waals surface area contributed by atoms with Crippen LogP contribution in [0.5, 0.6) is 0 Å². The van der Waals surface area contributed by atoms with Crippen LogP contribution in [-0.4, -0.2) is 27.7 Å².